The van der Waals surface area contributed by atoms with Gasteiger partial charge < -0.3 is 24.8 Å². The van der Waals surface area contributed by atoms with Crippen LogP contribution in [0.3, 0.4) is 0 Å². The van der Waals surface area contributed by atoms with Gasteiger partial charge in [0.2, 0.25) is 5.91 Å². The van der Waals surface area contributed by atoms with E-state index in [9.17, 15) is 9.59 Å². The van der Waals surface area contributed by atoms with Crippen molar-refractivity contribution in [3.8, 4) is 11.5 Å². The van der Waals surface area contributed by atoms with Crippen LogP contribution in [0.25, 0.3) is 0 Å². The second-order valence-electron chi connectivity index (χ2n) is 6.61. The summed E-state index contributed by atoms with van der Waals surface area (Å²) in [4.78, 5) is 28.9. The Morgan fingerprint density at radius 3 is 2.79 bits per heavy atom. The molecule has 154 valence electrons. The minimum absolute atomic E-state index is 0.157. The van der Waals surface area contributed by atoms with E-state index in [0.717, 1.165) is 18.5 Å². The van der Waals surface area contributed by atoms with Gasteiger partial charge in [-0.2, -0.15) is 0 Å². The van der Waals surface area contributed by atoms with Crippen molar-refractivity contribution in [2.24, 2.45) is 0 Å². The quantitative estimate of drug-likeness (QED) is 0.651. The van der Waals surface area contributed by atoms with Crippen LogP contribution in [-0.2, 0) is 20.7 Å². The lowest BCUT2D eigenvalue weighted by Crippen LogP contribution is -2.52. The minimum Gasteiger partial charge on any atom is -0.493 e. The molecule has 0 spiro atoms. The third kappa shape index (κ3) is 5.23. The zero-order valence-corrected chi connectivity index (χ0v) is 16.5. The Labute approximate surface area is 169 Å². The lowest BCUT2D eigenvalue weighted by Gasteiger charge is -2.32. The van der Waals surface area contributed by atoms with Crippen LogP contribution >= 0.6 is 0 Å². The predicted octanol–water partition coefficient (Wildman–Crippen LogP) is 1.40. The Morgan fingerprint density at radius 1 is 1.24 bits per heavy atom. The number of hydrogen-bond acceptors (Lipinski definition) is 6. The highest BCUT2D eigenvalue weighted by molar-refractivity contribution is 5.86. The smallest absolute Gasteiger partial charge is 0.251 e. The molecule has 1 aliphatic heterocycles. The molecule has 1 fully saturated rings. The van der Waals surface area contributed by atoms with E-state index >= 15 is 0 Å². The predicted molar refractivity (Wildman–Crippen MR) is 106 cm³/mol. The van der Waals surface area contributed by atoms with Gasteiger partial charge in [-0.25, -0.2) is 0 Å². The van der Waals surface area contributed by atoms with Crippen LogP contribution in [0.1, 0.15) is 23.7 Å². The molecule has 2 atom stereocenters. The van der Waals surface area contributed by atoms with Crippen LogP contribution in [0.4, 0.5) is 0 Å². The van der Waals surface area contributed by atoms with Crippen LogP contribution in [-0.4, -0.2) is 50.3 Å². The van der Waals surface area contributed by atoms with Crippen molar-refractivity contribution in [1.29, 1.82) is 0 Å². The molecule has 1 aliphatic rings. The first-order chi connectivity index (χ1) is 14.1. The fourth-order valence-corrected chi connectivity index (χ4v) is 3.21. The Bertz CT molecular complexity index is 843. The summed E-state index contributed by atoms with van der Waals surface area (Å²) in [5.74, 6) is 0.531. The van der Waals surface area contributed by atoms with Crippen molar-refractivity contribution in [3.05, 3.63) is 53.9 Å². The molecule has 0 saturated carbocycles. The highest BCUT2D eigenvalue weighted by atomic mass is 16.5. The number of ether oxygens (including phenoxy) is 3. The van der Waals surface area contributed by atoms with Crippen LogP contribution in [0, 0.1) is 0 Å². The lowest BCUT2D eigenvalue weighted by molar-refractivity contribution is -0.148. The molecule has 29 heavy (non-hydrogen) atoms. The van der Waals surface area contributed by atoms with E-state index < -0.39 is 12.1 Å². The summed E-state index contributed by atoms with van der Waals surface area (Å²) in [5, 5.41) is 5.73. The van der Waals surface area contributed by atoms with E-state index in [0.29, 0.717) is 23.6 Å². The van der Waals surface area contributed by atoms with Crippen molar-refractivity contribution in [1.82, 2.24) is 15.6 Å². The molecule has 2 heterocycles. The maximum Gasteiger partial charge on any atom is 0.251 e. The van der Waals surface area contributed by atoms with Gasteiger partial charge in [-0.05, 0) is 42.7 Å². The summed E-state index contributed by atoms with van der Waals surface area (Å²) in [6.45, 7) is 0.331. The van der Waals surface area contributed by atoms with Gasteiger partial charge in [0, 0.05) is 18.4 Å². The Balaban J connectivity index is 1.64. The van der Waals surface area contributed by atoms with E-state index in [2.05, 4.69) is 15.6 Å². The maximum atomic E-state index is 12.7. The molecule has 0 unspecified atom stereocenters. The van der Waals surface area contributed by atoms with Crippen LogP contribution in [0.15, 0.2) is 42.6 Å². The maximum absolute atomic E-state index is 12.7. The SMILES string of the molecule is COc1ccc([C@H]2NC(=O)CO[C@@H]2C(=O)NCCCc2ccccn2)cc1OC. The molecular weight excluding hydrogens is 374 g/mol. The Hall–Kier alpha value is -3.13. The van der Waals surface area contributed by atoms with Gasteiger partial charge in [0.15, 0.2) is 17.6 Å². The molecule has 8 heteroatoms. The van der Waals surface area contributed by atoms with Crippen molar-refractivity contribution in [3.63, 3.8) is 0 Å². The summed E-state index contributed by atoms with van der Waals surface area (Å²) >= 11 is 0. The summed E-state index contributed by atoms with van der Waals surface area (Å²) in [6, 6.07) is 10.4. The topological polar surface area (TPSA) is 98.8 Å². The number of hydrogen-bond donors (Lipinski definition) is 2. The van der Waals surface area contributed by atoms with Crippen molar-refractivity contribution in [2.75, 3.05) is 27.4 Å². The van der Waals surface area contributed by atoms with E-state index in [1.165, 1.54) is 7.11 Å². The number of carbonyl (C=O) groups is 2. The molecule has 1 aromatic heterocycles. The number of pyridine rings is 1. The van der Waals surface area contributed by atoms with Crippen LogP contribution in [0.5, 0.6) is 11.5 Å². The average Bonchev–Trinajstić information content (AvgIpc) is 2.76. The second kappa shape index (κ2) is 9.88. The number of methoxy groups -OCH3 is 2. The third-order valence-electron chi connectivity index (χ3n) is 4.67. The van der Waals surface area contributed by atoms with Gasteiger partial charge in [0.05, 0.1) is 20.3 Å². The number of amides is 2. The van der Waals surface area contributed by atoms with Gasteiger partial charge in [0.25, 0.3) is 5.91 Å². The number of nitrogens with one attached hydrogen (secondary N) is 2. The zero-order valence-electron chi connectivity index (χ0n) is 16.5. The standard InChI is InChI=1S/C21H25N3O5/c1-27-16-9-8-14(12-17(16)28-2)19-20(29-13-18(25)24-19)21(26)23-11-5-7-15-6-3-4-10-22-15/h3-4,6,8-10,12,19-20H,5,7,11,13H2,1-2H3,(H,23,26)(H,24,25)/t19-,20+/m1/s1. The number of rotatable bonds is 8. The molecule has 8 nitrogen and oxygen atoms in total. The van der Waals surface area contributed by atoms with Crippen molar-refractivity contribution in [2.45, 2.75) is 25.0 Å². The molecule has 1 aromatic carbocycles. The van der Waals surface area contributed by atoms with Gasteiger partial charge in [-0.3, -0.25) is 14.6 Å². The number of nitrogens with zero attached hydrogens (tertiary/aromatic N) is 1. The first-order valence-electron chi connectivity index (χ1n) is 9.43. The van der Waals surface area contributed by atoms with E-state index in [4.69, 9.17) is 14.2 Å². The molecule has 0 radical (unpaired) electrons. The molecule has 2 aromatic rings. The van der Waals surface area contributed by atoms with Crippen LogP contribution < -0.4 is 20.1 Å². The minimum atomic E-state index is -0.833. The van der Waals surface area contributed by atoms with Gasteiger partial charge in [0.1, 0.15) is 6.61 Å². The third-order valence-corrected chi connectivity index (χ3v) is 4.67. The normalized spacial score (nSPS) is 18.6. The fraction of sp³-hybridized carbons (Fsp3) is 0.381. The van der Waals surface area contributed by atoms with E-state index in [1.807, 2.05) is 18.2 Å². The average molecular weight is 399 g/mol. The van der Waals surface area contributed by atoms with Gasteiger partial charge in [-0.15, -0.1) is 0 Å². The largest absolute Gasteiger partial charge is 0.493 e. The van der Waals surface area contributed by atoms with Gasteiger partial charge in [-0.1, -0.05) is 12.1 Å². The molecule has 3 rings (SSSR count). The Morgan fingerprint density at radius 2 is 2.07 bits per heavy atom. The number of carbonyl (C=O) groups excluding carboxylic acids is 2. The number of aryl methyl sites for hydroxylation is 1. The highest BCUT2D eigenvalue weighted by Crippen LogP contribution is 2.32. The van der Waals surface area contributed by atoms with Crippen molar-refractivity contribution < 1.29 is 23.8 Å². The monoisotopic (exact) mass is 399 g/mol. The fourth-order valence-electron chi connectivity index (χ4n) is 3.21. The number of morpholine rings is 1. The Kier molecular flexibility index (Phi) is 7.02. The van der Waals surface area contributed by atoms with Crippen LogP contribution in [0.2, 0.25) is 0 Å². The molecule has 0 aliphatic carbocycles. The summed E-state index contributed by atoms with van der Waals surface area (Å²) in [5.41, 5.74) is 1.68. The van der Waals surface area contributed by atoms with E-state index in [-0.39, 0.29) is 18.4 Å². The highest BCUT2D eigenvalue weighted by Gasteiger charge is 2.36. The first-order valence-corrected chi connectivity index (χ1v) is 9.43. The zero-order chi connectivity index (χ0) is 20.6. The second-order valence-corrected chi connectivity index (χ2v) is 6.61. The summed E-state index contributed by atoms with van der Waals surface area (Å²) in [6.07, 6.45) is 2.44. The van der Waals surface area contributed by atoms with Gasteiger partial charge >= 0.3 is 0 Å². The van der Waals surface area contributed by atoms with E-state index in [1.54, 1.807) is 31.5 Å². The lowest BCUT2D eigenvalue weighted by atomic mass is 9.98. The molecule has 2 amide bonds. The number of aromatic nitrogens is 1. The molecular formula is C21H25N3O5. The number of benzene rings is 1. The first kappa shape index (κ1) is 20.6. The summed E-state index contributed by atoms with van der Waals surface area (Å²) < 4.78 is 16.1. The molecule has 2 N–H and O–H groups in total. The summed E-state index contributed by atoms with van der Waals surface area (Å²) in [7, 11) is 3.08. The molecule has 0 bridgehead atoms. The van der Waals surface area contributed by atoms with Crippen molar-refractivity contribution >= 4 is 11.8 Å². The molecule has 1 saturated heterocycles.